The molecule has 0 N–H and O–H groups in total. The fraction of sp³-hybridized carbons (Fsp3) is 0.300. The second-order valence-electron chi connectivity index (χ2n) is 2.91. The van der Waals surface area contributed by atoms with Crippen LogP contribution in [0.5, 0.6) is 0 Å². The van der Waals surface area contributed by atoms with Crippen molar-refractivity contribution in [1.29, 1.82) is 5.26 Å². The van der Waals surface area contributed by atoms with E-state index in [1.807, 2.05) is 0 Å². The Labute approximate surface area is 101 Å². The van der Waals surface area contributed by atoms with Crippen LogP contribution in [0.1, 0.15) is 17.3 Å². The van der Waals surface area contributed by atoms with Gasteiger partial charge in [0.1, 0.15) is 11.1 Å². The van der Waals surface area contributed by atoms with Crippen molar-refractivity contribution in [2.24, 2.45) is 0 Å². The molecule has 0 radical (unpaired) electrons. The molecule has 0 saturated heterocycles. The maximum absolute atomic E-state index is 12.2. The Balaban J connectivity index is 2.89. The molecule has 1 rings (SSSR count). The first-order chi connectivity index (χ1) is 8.04. The number of aromatic nitrogens is 1. The summed E-state index contributed by atoms with van der Waals surface area (Å²) in [6.45, 7) is 1.38. The van der Waals surface area contributed by atoms with Crippen LogP contribution in [-0.4, -0.2) is 22.8 Å². The monoisotopic (exact) mass is 258 g/mol. The summed E-state index contributed by atoms with van der Waals surface area (Å²) in [4.78, 5) is 15.2. The van der Waals surface area contributed by atoms with Crippen LogP contribution in [0.25, 0.3) is 0 Å². The van der Waals surface area contributed by atoms with Gasteiger partial charge in [0.15, 0.2) is 6.10 Å². The van der Waals surface area contributed by atoms with Crippen molar-refractivity contribution < 1.29 is 18.3 Å². The molecule has 0 spiro atoms. The number of hydrogen-bond acceptors (Lipinski definition) is 5. The van der Waals surface area contributed by atoms with E-state index < -0.39 is 17.8 Å². The molecule has 1 aromatic rings. The molecule has 4 nitrogen and oxygen atoms in total. The highest BCUT2D eigenvalue weighted by Gasteiger charge is 2.19. The predicted molar refractivity (Wildman–Crippen MR) is 56.6 cm³/mol. The number of esters is 1. The number of rotatable bonds is 4. The Morgan fingerprint density at radius 3 is 2.94 bits per heavy atom. The van der Waals surface area contributed by atoms with Gasteiger partial charge in [0, 0.05) is 6.20 Å². The lowest BCUT2D eigenvalue weighted by atomic mass is 10.3. The molecule has 7 heteroatoms. The average Bonchev–Trinajstić information content (AvgIpc) is 2.28. The number of hydrogen-bond donors (Lipinski definition) is 0. The second kappa shape index (κ2) is 6.15. The third kappa shape index (κ3) is 4.00. The third-order valence-corrected chi connectivity index (χ3v) is 2.38. The van der Waals surface area contributed by atoms with Gasteiger partial charge in [0.25, 0.3) is 5.76 Å². The van der Waals surface area contributed by atoms with E-state index >= 15 is 0 Å². The van der Waals surface area contributed by atoms with E-state index in [0.29, 0.717) is 0 Å². The fourth-order valence-corrected chi connectivity index (χ4v) is 1.54. The zero-order chi connectivity index (χ0) is 12.8. The van der Waals surface area contributed by atoms with E-state index in [2.05, 4.69) is 4.98 Å². The van der Waals surface area contributed by atoms with Gasteiger partial charge in [-0.1, -0.05) is 0 Å². The van der Waals surface area contributed by atoms with Gasteiger partial charge < -0.3 is 4.74 Å². The highest BCUT2D eigenvalue weighted by atomic mass is 32.2. The summed E-state index contributed by atoms with van der Waals surface area (Å²) in [5.41, 5.74) is -0.0695. The lowest BCUT2D eigenvalue weighted by Crippen LogP contribution is -2.14. The Morgan fingerprint density at radius 2 is 2.35 bits per heavy atom. The molecule has 0 aliphatic rings. The van der Waals surface area contributed by atoms with E-state index in [0.717, 1.165) is 0 Å². The van der Waals surface area contributed by atoms with Gasteiger partial charge in [-0.15, -0.1) is 0 Å². The normalized spacial score (nSPS) is 11.9. The average molecular weight is 258 g/mol. The molecule has 0 aliphatic carbocycles. The summed E-state index contributed by atoms with van der Waals surface area (Å²) in [7, 11) is 0. The van der Waals surface area contributed by atoms with Crippen molar-refractivity contribution in [2.75, 3.05) is 0 Å². The minimum atomic E-state index is -2.68. The van der Waals surface area contributed by atoms with Gasteiger partial charge in [-0.2, -0.15) is 14.0 Å². The number of carbonyl (C=O) groups excluding carboxylic acids is 1. The number of nitrogens with zero attached hydrogens (tertiary/aromatic N) is 2. The Kier molecular flexibility index (Phi) is 4.84. The van der Waals surface area contributed by atoms with Crippen molar-refractivity contribution in [3.63, 3.8) is 0 Å². The summed E-state index contributed by atoms with van der Waals surface area (Å²) in [5, 5.41) is 8.36. The molecule has 1 aromatic heterocycles. The predicted octanol–water partition coefficient (Wildman–Crippen LogP) is 2.47. The molecule has 0 aromatic carbocycles. The first-order valence-electron chi connectivity index (χ1n) is 4.55. The molecule has 1 atom stereocenters. The number of ether oxygens (including phenoxy) is 1. The van der Waals surface area contributed by atoms with Crippen molar-refractivity contribution in [1.82, 2.24) is 4.98 Å². The first-order valence-corrected chi connectivity index (χ1v) is 5.43. The summed E-state index contributed by atoms with van der Waals surface area (Å²) >= 11 is 0.160. The number of halogens is 2. The van der Waals surface area contributed by atoms with Gasteiger partial charge >= 0.3 is 5.97 Å². The molecular formula is C10H8F2N2O2S. The lowest BCUT2D eigenvalue weighted by molar-refractivity contribution is 0.0430. The van der Waals surface area contributed by atoms with E-state index in [9.17, 15) is 13.6 Å². The van der Waals surface area contributed by atoms with Crippen molar-refractivity contribution in [2.45, 2.75) is 23.8 Å². The molecule has 0 fully saturated rings. The van der Waals surface area contributed by atoms with E-state index in [4.69, 9.17) is 10.00 Å². The van der Waals surface area contributed by atoms with Crippen LogP contribution in [0.15, 0.2) is 23.4 Å². The van der Waals surface area contributed by atoms with Gasteiger partial charge in [-0.25, -0.2) is 9.78 Å². The molecule has 0 amide bonds. The van der Waals surface area contributed by atoms with E-state index in [1.165, 1.54) is 25.3 Å². The first kappa shape index (κ1) is 13.4. The number of nitriles is 1. The fourth-order valence-electron chi connectivity index (χ4n) is 0.975. The molecule has 90 valence electrons. The summed E-state index contributed by atoms with van der Waals surface area (Å²) in [6, 6.07) is 4.46. The maximum atomic E-state index is 12.2. The minimum absolute atomic E-state index is 0.0695. The number of alkyl halides is 2. The van der Waals surface area contributed by atoms with Crippen LogP contribution in [0, 0.1) is 11.3 Å². The smallest absolute Gasteiger partial charge is 0.342 e. The van der Waals surface area contributed by atoms with E-state index in [-0.39, 0.29) is 22.4 Å². The van der Waals surface area contributed by atoms with Crippen LogP contribution < -0.4 is 0 Å². The largest absolute Gasteiger partial charge is 0.444 e. The second-order valence-corrected chi connectivity index (χ2v) is 3.89. The molecule has 0 aliphatic heterocycles. The van der Waals surface area contributed by atoms with Crippen molar-refractivity contribution >= 4 is 17.7 Å². The van der Waals surface area contributed by atoms with Crippen LogP contribution in [0.4, 0.5) is 8.78 Å². The highest BCUT2D eigenvalue weighted by molar-refractivity contribution is 7.99. The van der Waals surface area contributed by atoms with Crippen LogP contribution >= 0.6 is 11.8 Å². The molecule has 1 unspecified atom stereocenters. The van der Waals surface area contributed by atoms with Crippen LogP contribution in [-0.2, 0) is 4.74 Å². The van der Waals surface area contributed by atoms with Crippen molar-refractivity contribution in [3.8, 4) is 6.07 Å². The summed E-state index contributed by atoms with van der Waals surface area (Å²) in [5.74, 6) is -3.51. The molecule has 0 saturated carbocycles. The topological polar surface area (TPSA) is 63.0 Å². The Morgan fingerprint density at radius 1 is 1.65 bits per heavy atom. The third-order valence-electron chi connectivity index (χ3n) is 1.66. The van der Waals surface area contributed by atoms with Crippen LogP contribution in [0.2, 0.25) is 0 Å². The van der Waals surface area contributed by atoms with Gasteiger partial charge in [0.05, 0.1) is 5.56 Å². The number of carbonyl (C=O) groups is 1. The summed E-state index contributed by atoms with van der Waals surface area (Å²) in [6.07, 6.45) is 0.363. The molecule has 0 bridgehead atoms. The van der Waals surface area contributed by atoms with E-state index in [1.54, 1.807) is 6.07 Å². The zero-order valence-electron chi connectivity index (χ0n) is 8.76. The molecule has 1 heterocycles. The van der Waals surface area contributed by atoms with Gasteiger partial charge in [0.2, 0.25) is 0 Å². The Bertz CT molecular complexity index is 448. The molecular weight excluding hydrogens is 250 g/mol. The van der Waals surface area contributed by atoms with Crippen LogP contribution in [0.3, 0.4) is 0 Å². The maximum Gasteiger partial charge on any atom is 0.342 e. The quantitative estimate of drug-likeness (QED) is 0.613. The standard InChI is InChI=1S/C10H8F2N2O2S/c1-6(5-13)16-9(15)7-3-2-4-14-8(7)17-10(11)12/h2-4,6,10H,1H3. The highest BCUT2D eigenvalue weighted by Crippen LogP contribution is 2.26. The molecule has 17 heavy (non-hydrogen) atoms. The number of pyridine rings is 1. The van der Waals surface area contributed by atoms with Gasteiger partial charge in [-0.05, 0) is 30.8 Å². The zero-order valence-corrected chi connectivity index (χ0v) is 9.58. The summed E-state index contributed by atoms with van der Waals surface area (Å²) < 4.78 is 29.1. The minimum Gasteiger partial charge on any atom is -0.444 e. The SMILES string of the molecule is CC(C#N)OC(=O)c1cccnc1SC(F)F. The number of thioether (sulfide) groups is 1. The Hall–Kier alpha value is -1.68. The lowest BCUT2D eigenvalue weighted by Gasteiger charge is -2.08. The van der Waals surface area contributed by atoms with Crippen molar-refractivity contribution in [3.05, 3.63) is 23.9 Å². The van der Waals surface area contributed by atoms with Gasteiger partial charge in [-0.3, -0.25) is 0 Å².